The predicted molar refractivity (Wildman–Crippen MR) is 115 cm³/mol. The Morgan fingerprint density at radius 1 is 0.967 bits per heavy atom. The number of hydrogen-bond acceptors (Lipinski definition) is 7. The molecular formula is C21H20N4O3S2. The lowest BCUT2D eigenvalue weighted by Gasteiger charge is -2.10. The summed E-state index contributed by atoms with van der Waals surface area (Å²) in [5.74, 6) is 0.590. The molecule has 1 unspecified atom stereocenters. The van der Waals surface area contributed by atoms with Crippen LogP contribution in [0.1, 0.15) is 29.4 Å². The first-order chi connectivity index (χ1) is 14.3. The molecule has 2 heterocycles. The fourth-order valence-electron chi connectivity index (χ4n) is 2.88. The molecule has 0 radical (unpaired) electrons. The van der Waals surface area contributed by atoms with Gasteiger partial charge in [0.1, 0.15) is 0 Å². The molecule has 0 saturated heterocycles. The summed E-state index contributed by atoms with van der Waals surface area (Å²) in [7, 11) is -3.70. The van der Waals surface area contributed by atoms with Gasteiger partial charge in [0, 0.05) is 16.5 Å². The minimum Gasteiger partial charge on any atom is -0.337 e. The normalized spacial score (nSPS) is 12.8. The van der Waals surface area contributed by atoms with Crippen LogP contribution < -0.4 is 4.72 Å². The molecule has 1 N–H and O–H groups in total. The largest absolute Gasteiger partial charge is 0.337 e. The van der Waals surface area contributed by atoms with Gasteiger partial charge >= 0.3 is 0 Å². The Balaban J connectivity index is 1.50. The number of aromatic nitrogens is 3. The number of nitrogens with one attached hydrogen (secondary N) is 1. The Hall–Kier alpha value is -2.88. The van der Waals surface area contributed by atoms with Crippen LogP contribution in [0, 0.1) is 13.8 Å². The van der Waals surface area contributed by atoms with Crippen LogP contribution in [-0.2, 0) is 10.0 Å². The monoisotopic (exact) mass is 440 g/mol. The number of sulfonamides is 1. The van der Waals surface area contributed by atoms with Crippen molar-refractivity contribution in [3.63, 3.8) is 0 Å². The maximum Gasteiger partial charge on any atom is 0.244 e. The first-order valence-corrected chi connectivity index (χ1v) is 11.6. The molecule has 0 amide bonds. The van der Waals surface area contributed by atoms with E-state index in [2.05, 4.69) is 19.8 Å². The predicted octanol–water partition coefficient (Wildman–Crippen LogP) is 4.52. The zero-order valence-electron chi connectivity index (χ0n) is 16.7. The van der Waals surface area contributed by atoms with Crippen molar-refractivity contribution in [2.24, 2.45) is 0 Å². The second kappa shape index (κ2) is 8.10. The van der Waals surface area contributed by atoms with Crippen LogP contribution in [0.5, 0.6) is 0 Å². The maximum atomic E-state index is 12.6. The fraction of sp³-hybridized carbons (Fsp3) is 0.190. The lowest BCUT2D eigenvalue weighted by Crippen LogP contribution is -2.27. The van der Waals surface area contributed by atoms with Gasteiger partial charge in [0.05, 0.1) is 21.6 Å². The molecule has 154 valence electrons. The van der Waals surface area contributed by atoms with Gasteiger partial charge in [-0.2, -0.15) is 9.71 Å². The summed E-state index contributed by atoms with van der Waals surface area (Å²) >= 11 is 1.60. The van der Waals surface area contributed by atoms with E-state index in [4.69, 9.17) is 4.52 Å². The first-order valence-electron chi connectivity index (χ1n) is 9.27. The zero-order chi connectivity index (χ0) is 21.3. The number of benzene rings is 2. The van der Waals surface area contributed by atoms with Crippen molar-refractivity contribution in [3.05, 3.63) is 70.4 Å². The van der Waals surface area contributed by atoms with Crippen molar-refractivity contribution < 1.29 is 12.9 Å². The van der Waals surface area contributed by atoms with Gasteiger partial charge in [0.2, 0.25) is 21.7 Å². The van der Waals surface area contributed by atoms with Gasteiger partial charge in [-0.1, -0.05) is 47.1 Å². The van der Waals surface area contributed by atoms with Gasteiger partial charge in [-0.25, -0.2) is 13.4 Å². The van der Waals surface area contributed by atoms with Gasteiger partial charge < -0.3 is 4.52 Å². The third-order valence-corrected chi connectivity index (χ3v) is 6.86. The maximum absolute atomic E-state index is 12.6. The molecule has 0 fully saturated rings. The van der Waals surface area contributed by atoms with E-state index < -0.39 is 16.1 Å². The summed E-state index contributed by atoms with van der Waals surface area (Å²) in [5.41, 5.74) is 3.69. The molecule has 0 aliphatic carbocycles. The zero-order valence-corrected chi connectivity index (χ0v) is 18.3. The fourth-order valence-corrected chi connectivity index (χ4v) is 4.70. The molecule has 2 aromatic carbocycles. The Kier molecular flexibility index (Phi) is 5.50. The second-order valence-corrected chi connectivity index (χ2v) is 9.72. The van der Waals surface area contributed by atoms with Crippen molar-refractivity contribution in [1.29, 1.82) is 0 Å². The van der Waals surface area contributed by atoms with E-state index in [9.17, 15) is 8.42 Å². The number of hydrogen-bond donors (Lipinski definition) is 1. The molecule has 30 heavy (non-hydrogen) atoms. The highest BCUT2D eigenvalue weighted by Gasteiger charge is 2.22. The lowest BCUT2D eigenvalue weighted by atomic mass is 10.1. The van der Waals surface area contributed by atoms with Gasteiger partial charge in [0.25, 0.3) is 0 Å². The average molecular weight is 441 g/mol. The Morgan fingerprint density at radius 3 is 2.27 bits per heavy atom. The molecule has 1 atom stereocenters. The van der Waals surface area contributed by atoms with Gasteiger partial charge in [-0.15, -0.1) is 11.3 Å². The van der Waals surface area contributed by atoms with E-state index in [1.807, 2.05) is 43.5 Å². The van der Waals surface area contributed by atoms with Crippen molar-refractivity contribution in [3.8, 4) is 22.6 Å². The average Bonchev–Trinajstić information content (AvgIpc) is 3.38. The molecule has 0 aliphatic heterocycles. The van der Waals surface area contributed by atoms with Crippen LogP contribution in [0.15, 0.2) is 63.3 Å². The molecule has 4 aromatic rings. The highest BCUT2D eigenvalue weighted by molar-refractivity contribution is 7.89. The minimum absolute atomic E-state index is 0.188. The highest BCUT2D eigenvalue weighted by atomic mass is 32.2. The third-order valence-electron chi connectivity index (χ3n) is 4.53. The summed E-state index contributed by atoms with van der Waals surface area (Å²) < 4.78 is 33.0. The van der Waals surface area contributed by atoms with Crippen LogP contribution >= 0.6 is 11.3 Å². The van der Waals surface area contributed by atoms with Crippen LogP contribution in [0.25, 0.3) is 22.6 Å². The Labute approximate surface area is 178 Å². The van der Waals surface area contributed by atoms with E-state index in [-0.39, 0.29) is 10.8 Å². The molecule has 9 heteroatoms. The molecular weight excluding hydrogens is 420 g/mol. The lowest BCUT2D eigenvalue weighted by molar-refractivity contribution is 0.354. The minimum atomic E-state index is -3.70. The standard InChI is InChI=1S/C21H20N4O3S2/c1-13-4-10-18(11-5-13)30(26,27)25-14(2)21-23-20(24-28-21)17-8-6-16(7-9-17)19-12-29-15(3)22-19/h4-12,14,25H,1-3H3. The molecule has 4 rings (SSSR count). The molecule has 0 spiro atoms. The van der Waals surface area contributed by atoms with E-state index in [1.54, 1.807) is 42.5 Å². The van der Waals surface area contributed by atoms with Crippen LogP contribution in [0.3, 0.4) is 0 Å². The van der Waals surface area contributed by atoms with Crippen LogP contribution in [0.2, 0.25) is 0 Å². The number of aryl methyl sites for hydroxylation is 2. The SMILES string of the molecule is Cc1ccc(S(=O)(=O)NC(C)c2nc(-c3ccc(-c4csc(C)n4)cc3)no2)cc1. The number of rotatable bonds is 6. The highest BCUT2D eigenvalue weighted by Crippen LogP contribution is 2.25. The van der Waals surface area contributed by atoms with Crippen molar-refractivity contribution in [1.82, 2.24) is 19.8 Å². The molecule has 0 saturated carbocycles. The third kappa shape index (κ3) is 4.33. The quantitative estimate of drug-likeness (QED) is 0.473. The van der Waals surface area contributed by atoms with E-state index in [1.165, 1.54) is 0 Å². The smallest absolute Gasteiger partial charge is 0.244 e. The topological polar surface area (TPSA) is 98.0 Å². The Morgan fingerprint density at radius 2 is 1.63 bits per heavy atom. The van der Waals surface area contributed by atoms with Gasteiger partial charge in [-0.05, 0) is 32.9 Å². The second-order valence-electron chi connectivity index (χ2n) is 6.94. The summed E-state index contributed by atoms with van der Waals surface area (Å²) in [6, 6.07) is 13.6. The van der Waals surface area contributed by atoms with Crippen molar-refractivity contribution >= 4 is 21.4 Å². The summed E-state index contributed by atoms with van der Waals surface area (Å²) in [6.45, 7) is 5.53. The number of nitrogens with zero attached hydrogens (tertiary/aromatic N) is 3. The summed E-state index contributed by atoms with van der Waals surface area (Å²) in [4.78, 5) is 9.03. The number of thiazole rings is 1. The molecule has 2 aromatic heterocycles. The van der Waals surface area contributed by atoms with E-state index >= 15 is 0 Å². The van der Waals surface area contributed by atoms with Crippen molar-refractivity contribution in [2.75, 3.05) is 0 Å². The van der Waals surface area contributed by atoms with Gasteiger partial charge in [0.15, 0.2) is 0 Å². The first kappa shape index (κ1) is 20.4. The summed E-state index contributed by atoms with van der Waals surface area (Å²) in [6.07, 6.45) is 0. The van der Waals surface area contributed by atoms with Gasteiger partial charge in [-0.3, -0.25) is 0 Å². The van der Waals surface area contributed by atoms with E-state index in [0.29, 0.717) is 5.82 Å². The molecule has 0 aliphatic rings. The van der Waals surface area contributed by atoms with Crippen LogP contribution in [0.4, 0.5) is 0 Å². The van der Waals surface area contributed by atoms with Crippen LogP contribution in [-0.4, -0.2) is 23.5 Å². The van der Waals surface area contributed by atoms with Crippen molar-refractivity contribution in [2.45, 2.75) is 31.7 Å². The Bertz CT molecular complexity index is 1260. The van der Waals surface area contributed by atoms with E-state index in [0.717, 1.165) is 27.4 Å². The summed E-state index contributed by atoms with van der Waals surface area (Å²) in [5, 5.41) is 7.02. The molecule has 0 bridgehead atoms. The molecule has 7 nitrogen and oxygen atoms in total.